The van der Waals surface area contributed by atoms with Gasteiger partial charge in [-0.05, 0) is 0 Å². The molecular formula is C5H8F2N2O2. The number of hydrogen-bond acceptors (Lipinski definition) is 2. The maximum atomic E-state index is 11.4. The van der Waals surface area contributed by atoms with Crippen molar-refractivity contribution in [2.75, 3.05) is 0 Å². The van der Waals surface area contributed by atoms with Crippen LogP contribution in [0.15, 0.2) is 0 Å². The minimum absolute atomic E-state index is 0.128. The standard InChI is InChI=1S/C5H8F2N2O2/c1-2-3(10)8-9-5(11)4(6)7/h4H,2H2,1H3,(H,8,10)(H,9,11). The van der Waals surface area contributed by atoms with E-state index >= 15 is 0 Å². The molecule has 0 saturated heterocycles. The number of hydrogen-bond donors (Lipinski definition) is 2. The molecule has 0 radical (unpaired) electrons. The molecule has 0 fully saturated rings. The van der Waals surface area contributed by atoms with Crippen LogP contribution in [0.4, 0.5) is 8.78 Å². The highest BCUT2D eigenvalue weighted by Crippen LogP contribution is 1.88. The summed E-state index contributed by atoms with van der Waals surface area (Å²) in [5, 5.41) is 0. The van der Waals surface area contributed by atoms with E-state index in [4.69, 9.17) is 0 Å². The van der Waals surface area contributed by atoms with Crippen molar-refractivity contribution in [3.63, 3.8) is 0 Å². The Labute approximate surface area is 61.9 Å². The number of amides is 2. The number of halogens is 2. The maximum Gasteiger partial charge on any atom is 0.317 e. The molecule has 0 aliphatic carbocycles. The number of alkyl halides is 2. The van der Waals surface area contributed by atoms with Crippen LogP contribution in [0, 0.1) is 0 Å². The highest BCUT2D eigenvalue weighted by Gasteiger charge is 2.14. The van der Waals surface area contributed by atoms with E-state index in [1.54, 1.807) is 10.9 Å². The topological polar surface area (TPSA) is 58.2 Å². The predicted octanol–water partition coefficient (Wildman–Crippen LogP) is -0.191. The molecular weight excluding hydrogens is 158 g/mol. The van der Waals surface area contributed by atoms with Crippen molar-refractivity contribution in [1.82, 2.24) is 10.9 Å². The van der Waals surface area contributed by atoms with Gasteiger partial charge < -0.3 is 0 Å². The van der Waals surface area contributed by atoms with Crippen LogP contribution in [-0.2, 0) is 9.59 Å². The van der Waals surface area contributed by atoms with E-state index in [1.807, 2.05) is 0 Å². The molecule has 0 unspecified atom stereocenters. The molecule has 64 valence electrons. The monoisotopic (exact) mass is 166 g/mol. The Kier molecular flexibility index (Phi) is 4.09. The second-order valence-electron chi connectivity index (χ2n) is 1.69. The zero-order valence-electron chi connectivity index (χ0n) is 5.86. The summed E-state index contributed by atoms with van der Waals surface area (Å²) in [5.74, 6) is -2.02. The molecule has 6 heteroatoms. The van der Waals surface area contributed by atoms with Gasteiger partial charge in [0, 0.05) is 6.42 Å². The summed E-state index contributed by atoms with van der Waals surface area (Å²) in [4.78, 5) is 20.5. The molecule has 0 aliphatic heterocycles. The van der Waals surface area contributed by atoms with Gasteiger partial charge in [0.05, 0.1) is 0 Å². The minimum Gasteiger partial charge on any atom is -0.273 e. The van der Waals surface area contributed by atoms with Crippen LogP contribution < -0.4 is 10.9 Å². The van der Waals surface area contributed by atoms with Gasteiger partial charge in [-0.25, -0.2) is 0 Å². The average Bonchev–Trinajstić information content (AvgIpc) is 1.99. The zero-order chi connectivity index (χ0) is 8.85. The normalized spacial score (nSPS) is 9.45. The highest BCUT2D eigenvalue weighted by atomic mass is 19.3. The molecule has 0 aromatic carbocycles. The Morgan fingerprint density at radius 2 is 1.91 bits per heavy atom. The first-order chi connectivity index (χ1) is 5.07. The number of nitrogens with one attached hydrogen (secondary N) is 2. The third-order valence-electron chi connectivity index (χ3n) is 0.844. The Morgan fingerprint density at radius 3 is 2.27 bits per heavy atom. The quantitative estimate of drug-likeness (QED) is 0.558. The van der Waals surface area contributed by atoms with Gasteiger partial charge in [0.25, 0.3) is 0 Å². The van der Waals surface area contributed by atoms with Crippen molar-refractivity contribution < 1.29 is 18.4 Å². The molecule has 0 aromatic heterocycles. The van der Waals surface area contributed by atoms with Gasteiger partial charge in [0.15, 0.2) is 0 Å². The Hall–Kier alpha value is -1.20. The Morgan fingerprint density at radius 1 is 1.36 bits per heavy atom. The Balaban J connectivity index is 3.54. The van der Waals surface area contributed by atoms with Gasteiger partial charge in [0.1, 0.15) is 0 Å². The van der Waals surface area contributed by atoms with Crippen LogP contribution in [0.25, 0.3) is 0 Å². The average molecular weight is 166 g/mol. The molecule has 0 bridgehead atoms. The van der Waals surface area contributed by atoms with Crippen LogP contribution >= 0.6 is 0 Å². The second-order valence-corrected chi connectivity index (χ2v) is 1.69. The van der Waals surface area contributed by atoms with E-state index in [-0.39, 0.29) is 6.42 Å². The van der Waals surface area contributed by atoms with E-state index in [2.05, 4.69) is 0 Å². The van der Waals surface area contributed by atoms with E-state index in [0.29, 0.717) is 0 Å². The first kappa shape index (κ1) is 9.80. The first-order valence-corrected chi connectivity index (χ1v) is 2.94. The van der Waals surface area contributed by atoms with Crippen molar-refractivity contribution in [3.8, 4) is 0 Å². The van der Waals surface area contributed by atoms with Gasteiger partial charge in [-0.15, -0.1) is 0 Å². The Bertz CT molecular complexity index is 161. The summed E-state index contributed by atoms with van der Waals surface area (Å²) in [6.45, 7) is 1.53. The molecule has 0 saturated carbocycles. The fourth-order valence-corrected chi connectivity index (χ4v) is 0.274. The van der Waals surface area contributed by atoms with E-state index in [0.717, 1.165) is 0 Å². The second kappa shape index (κ2) is 4.59. The van der Waals surface area contributed by atoms with Crippen molar-refractivity contribution >= 4 is 11.8 Å². The summed E-state index contributed by atoms with van der Waals surface area (Å²) in [5.41, 5.74) is 3.34. The summed E-state index contributed by atoms with van der Waals surface area (Å²) >= 11 is 0. The lowest BCUT2D eigenvalue weighted by molar-refractivity contribution is -0.136. The lowest BCUT2D eigenvalue weighted by Gasteiger charge is -2.03. The molecule has 0 heterocycles. The van der Waals surface area contributed by atoms with Crippen molar-refractivity contribution in [2.45, 2.75) is 19.8 Å². The van der Waals surface area contributed by atoms with Crippen LogP contribution in [-0.4, -0.2) is 18.2 Å². The first-order valence-electron chi connectivity index (χ1n) is 2.94. The summed E-state index contributed by atoms with van der Waals surface area (Å²) in [6, 6.07) is 0. The third-order valence-corrected chi connectivity index (χ3v) is 0.844. The molecule has 2 amide bonds. The molecule has 0 rings (SSSR count). The summed E-state index contributed by atoms with van der Waals surface area (Å²) in [6.07, 6.45) is -2.98. The van der Waals surface area contributed by atoms with Gasteiger partial charge in [-0.1, -0.05) is 6.92 Å². The third kappa shape index (κ3) is 4.24. The minimum atomic E-state index is -3.10. The van der Waals surface area contributed by atoms with E-state index in [9.17, 15) is 18.4 Å². The van der Waals surface area contributed by atoms with Gasteiger partial charge in [-0.3, -0.25) is 20.4 Å². The molecule has 0 aliphatic rings. The molecule has 0 spiro atoms. The van der Waals surface area contributed by atoms with Gasteiger partial charge in [0.2, 0.25) is 5.91 Å². The van der Waals surface area contributed by atoms with Gasteiger partial charge in [-0.2, -0.15) is 8.78 Å². The molecule has 11 heavy (non-hydrogen) atoms. The van der Waals surface area contributed by atoms with Crippen LogP contribution in [0.5, 0.6) is 0 Å². The van der Waals surface area contributed by atoms with Crippen molar-refractivity contribution in [1.29, 1.82) is 0 Å². The number of hydrazine groups is 1. The lowest BCUT2D eigenvalue weighted by atomic mass is 10.5. The predicted molar refractivity (Wildman–Crippen MR) is 32.6 cm³/mol. The van der Waals surface area contributed by atoms with E-state index in [1.165, 1.54) is 6.92 Å². The van der Waals surface area contributed by atoms with Crippen molar-refractivity contribution in [2.24, 2.45) is 0 Å². The van der Waals surface area contributed by atoms with Crippen LogP contribution in [0.1, 0.15) is 13.3 Å². The summed E-state index contributed by atoms with van der Waals surface area (Å²) < 4.78 is 22.8. The molecule has 4 nitrogen and oxygen atoms in total. The van der Waals surface area contributed by atoms with Crippen molar-refractivity contribution in [3.05, 3.63) is 0 Å². The fraction of sp³-hybridized carbons (Fsp3) is 0.600. The molecule has 2 N–H and O–H groups in total. The maximum absolute atomic E-state index is 11.4. The number of carbonyl (C=O) groups is 2. The summed E-state index contributed by atoms with van der Waals surface area (Å²) in [7, 11) is 0. The lowest BCUT2D eigenvalue weighted by Crippen LogP contribution is -2.44. The van der Waals surface area contributed by atoms with Crippen LogP contribution in [0.2, 0.25) is 0 Å². The van der Waals surface area contributed by atoms with Gasteiger partial charge >= 0.3 is 12.3 Å². The molecule has 0 aromatic rings. The SMILES string of the molecule is CCC(=O)NNC(=O)C(F)F. The van der Waals surface area contributed by atoms with Crippen LogP contribution in [0.3, 0.4) is 0 Å². The number of carbonyl (C=O) groups excluding carboxylic acids is 2. The highest BCUT2D eigenvalue weighted by molar-refractivity contribution is 5.83. The molecule has 0 atom stereocenters. The zero-order valence-corrected chi connectivity index (χ0v) is 5.86. The largest absolute Gasteiger partial charge is 0.317 e. The fourth-order valence-electron chi connectivity index (χ4n) is 0.274. The smallest absolute Gasteiger partial charge is 0.273 e. The number of rotatable bonds is 2. The van der Waals surface area contributed by atoms with E-state index < -0.39 is 18.2 Å².